The molecule has 0 radical (unpaired) electrons. The zero-order chi connectivity index (χ0) is 13.9. The highest BCUT2D eigenvalue weighted by Gasteiger charge is 2.39. The van der Waals surface area contributed by atoms with Gasteiger partial charge in [-0.15, -0.1) is 0 Å². The first kappa shape index (κ1) is 14.0. The third-order valence-electron chi connectivity index (χ3n) is 2.00. The highest BCUT2D eigenvalue weighted by Crippen LogP contribution is 2.35. The maximum absolute atomic E-state index is 13.1. The molecule has 0 amide bonds. The SMILES string of the molecule is CCOC(=O)c1cc(F)cc(C#N)c1C(F)(F)F. The summed E-state index contributed by atoms with van der Waals surface area (Å²) in [5.41, 5.74) is -3.43. The van der Waals surface area contributed by atoms with E-state index in [-0.39, 0.29) is 6.61 Å². The number of hydrogen-bond donors (Lipinski definition) is 0. The highest BCUT2D eigenvalue weighted by atomic mass is 19.4. The molecule has 3 nitrogen and oxygen atoms in total. The number of halogens is 4. The Balaban J connectivity index is 3.54. The van der Waals surface area contributed by atoms with Crippen molar-refractivity contribution in [3.05, 3.63) is 34.6 Å². The van der Waals surface area contributed by atoms with Crippen molar-refractivity contribution in [3.63, 3.8) is 0 Å². The Hall–Kier alpha value is -2.10. The summed E-state index contributed by atoms with van der Waals surface area (Å²) in [6.07, 6.45) is -4.94. The molecular weight excluding hydrogens is 254 g/mol. The van der Waals surface area contributed by atoms with E-state index in [1.165, 1.54) is 13.0 Å². The van der Waals surface area contributed by atoms with E-state index in [9.17, 15) is 22.4 Å². The fraction of sp³-hybridized carbons (Fsp3) is 0.273. The standard InChI is InChI=1S/C11H7F4NO2/c1-2-18-10(17)8-4-7(12)3-6(5-16)9(8)11(13,14)15/h3-4H,2H2,1H3. The Kier molecular flexibility index (Phi) is 3.91. The summed E-state index contributed by atoms with van der Waals surface area (Å²) in [5.74, 6) is -2.43. The van der Waals surface area contributed by atoms with Crippen molar-refractivity contribution in [2.24, 2.45) is 0 Å². The van der Waals surface area contributed by atoms with Gasteiger partial charge in [0.1, 0.15) is 5.82 Å². The molecule has 18 heavy (non-hydrogen) atoms. The van der Waals surface area contributed by atoms with Gasteiger partial charge in [-0.2, -0.15) is 18.4 Å². The Morgan fingerprint density at radius 1 is 1.44 bits per heavy atom. The van der Waals surface area contributed by atoms with Gasteiger partial charge >= 0.3 is 12.1 Å². The van der Waals surface area contributed by atoms with Crippen molar-refractivity contribution in [3.8, 4) is 6.07 Å². The average Bonchev–Trinajstić information content (AvgIpc) is 2.26. The molecule has 0 aliphatic heterocycles. The second-order valence-corrected chi connectivity index (χ2v) is 3.21. The molecule has 0 saturated heterocycles. The number of benzene rings is 1. The van der Waals surface area contributed by atoms with Crippen LogP contribution in [0.3, 0.4) is 0 Å². The Bertz CT molecular complexity index is 517. The largest absolute Gasteiger partial charge is 0.462 e. The topological polar surface area (TPSA) is 50.1 Å². The average molecular weight is 261 g/mol. The molecule has 0 saturated carbocycles. The molecular formula is C11H7F4NO2. The first-order chi connectivity index (χ1) is 8.31. The van der Waals surface area contributed by atoms with Crippen LogP contribution in [0.1, 0.15) is 28.4 Å². The summed E-state index contributed by atoms with van der Waals surface area (Å²) in [5, 5.41) is 8.57. The summed E-state index contributed by atoms with van der Waals surface area (Å²) >= 11 is 0. The number of nitrogens with zero attached hydrogens (tertiary/aromatic N) is 1. The van der Waals surface area contributed by atoms with Crippen LogP contribution in [0.15, 0.2) is 12.1 Å². The number of carbonyl (C=O) groups excluding carboxylic acids is 1. The molecule has 0 bridgehead atoms. The molecule has 0 aliphatic carbocycles. The van der Waals surface area contributed by atoms with Crippen molar-refractivity contribution >= 4 is 5.97 Å². The van der Waals surface area contributed by atoms with Crippen molar-refractivity contribution in [2.75, 3.05) is 6.61 Å². The van der Waals surface area contributed by atoms with Gasteiger partial charge in [0.25, 0.3) is 0 Å². The minimum absolute atomic E-state index is 0.158. The number of esters is 1. The summed E-state index contributed by atoms with van der Waals surface area (Å²) in [4.78, 5) is 11.3. The van der Waals surface area contributed by atoms with Crippen LogP contribution >= 0.6 is 0 Å². The smallest absolute Gasteiger partial charge is 0.418 e. The van der Waals surface area contributed by atoms with E-state index in [1.807, 2.05) is 0 Å². The van der Waals surface area contributed by atoms with E-state index in [0.717, 1.165) is 0 Å². The summed E-state index contributed by atoms with van der Waals surface area (Å²) in [6.45, 7) is 1.24. The highest BCUT2D eigenvalue weighted by molar-refractivity contribution is 5.92. The minimum Gasteiger partial charge on any atom is -0.462 e. The molecule has 0 unspecified atom stereocenters. The van der Waals surface area contributed by atoms with E-state index >= 15 is 0 Å². The normalized spacial score (nSPS) is 10.9. The molecule has 1 rings (SSSR count). The molecule has 0 spiro atoms. The maximum Gasteiger partial charge on any atom is 0.418 e. The number of ether oxygens (including phenoxy) is 1. The molecule has 7 heteroatoms. The van der Waals surface area contributed by atoms with Crippen LogP contribution < -0.4 is 0 Å². The monoisotopic (exact) mass is 261 g/mol. The zero-order valence-corrected chi connectivity index (χ0v) is 9.14. The lowest BCUT2D eigenvalue weighted by Crippen LogP contribution is -2.17. The van der Waals surface area contributed by atoms with Crippen LogP contribution in [0.4, 0.5) is 17.6 Å². The third kappa shape index (κ3) is 2.77. The van der Waals surface area contributed by atoms with Crippen LogP contribution in [0, 0.1) is 17.1 Å². The number of alkyl halides is 3. The van der Waals surface area contributed by atoms with Crippen LogP contribution in [-0.2, 0) is 10.9 Å². The van der Waals surface area contributed by atoms with Gasteiger partial charge in [-0.05, 0) is 19.1 Å². The lowest BCUT2D eigenvalue weighted by Gasteiger charge is -2.13. The van der Waals surface area contributed by atoms with Gasteiger partial charge in [-0.3, -0.25) is 0 Å². The molecule has 0 atom stereocenters. The van der Waals surface area contributed by atoms with Gasteiger partial charge in [-0.25, -0.2) is 9.18 Å². The maximum atomic E-state index is 13.1. The lowest BCUT2D eigenvalue weighted by molar-refractivity contribution is -0.138. The molecule has 0 N–H and O–H groups in total. The van der Waals surface area contributed by atoms with Gasteiger partial charge < -0.3 is 4.74 Å². The van der Waals surface area contributed by atoms with E-state index < -0.39 is 34.7 Å². The minimum atomic E-state index is -4.94. The van der Waals surface area contributed by atoms with Gasteiger partial charge in [-0.1, -0.05) is 0 Å². The van der Waals surface area contributed by atoms with Gasteiger partial charge in [0.05, 0.1) is 29.4 Å². The zero-order valence-electron chi connectivity index (χ0n) is 9.14. The van der Waals surface area contributed by atoms with Gasteiger partial charge in [0.2, 0.25) is 0 Å². The van der Waals surface area contributed by atoms with Crippen molar-refractivity contribution in [1.29, 1.82) is 5.26 Å². The Labute approximate surface area is 99.6 Å². The molecule has 96 valence electrons. The van der Waals surface area contributed by atoms with Crippen molar-refractivity contribution in [1.82, 2.24) is 0 Å². The summed E-state index contributed by atoms with van der Waals surface area (Å²) in [7, 11) is 0. The number of carbonyl (C=O) groups is 1. The van der Waals surface area contributed by atoms with Crippen LogP contribution in [0.2, 0.25) is 0 Å². The van der Waals surface area contributed by atoms with E-state index in [1.54, 1.807) is 0 Å². The van der Waals surface area contributed by atoms with Crippen molar-refractivity contribution < 1.29 is 27.1 Å². The molecule has 0 aromatic heterocycles. The number of rotatable bonds is 2. The van der Waals surface area contributed by atoms with Crippen LogP contribution in [0.5, 0.6) is 0 Å². The summed E-state index contributed by atoms with van der Waals surface area (Å²) in [6, 6.07) is 2.04. The first-order valence-corrected chi connectivity index (χ1v) is 4.79. The number of nitriles is 1. The molecule has 0 fully saturated rings. The summed E-state index contributed by atoms with van der Waals surface area (Å²) < 4.78 is 55.7. The molecule has 0 heterocycles. The van der Waals surface area contributed by atoms with Crippen LogP contribution in [-0.4, -0.2) is 12.6 Å². The van der Waals surface area contributed by atoms with Gasteiger partial charge in [0, 0.05) is 0 Å². The van der Waals surface area contributed by atoms with Crippen LogP contribution in [0.25, 0.3) is 0 Å². The van der Waals surface area contributed by atoms with E-state index in [0.29, 0.717) is 12.1 Å². The third-order valence-corrected chi connectivity index (χ3v) is 2.00. The fourth-order valence-corrected chi connectivity index (χ4v) is 1.37. The quantitative estimate of drug-likeness (QED) is 0.607. The van der Waals surface area contributed by atoms with E-state index in [4.69, 9.17) is 5.26 Å². The molecule has 1 aromatic rings. The predicted molar refractivity (Wildman–Crippen MR) is 52.1 cm³/mol. The van der Waals surface area contributed by atoms with E-state index in [2.05, 4.69) is 4.74 Å². The fourth-order valence-electron chi connectivity index (χ4n) is 1.37. The molecule has 0 aliphatic rings. The Morgan fingerprint density at radius 3 is 2.50 bits per heavy atom. The Morgan fingerprint density at radius 2 is 2.06 bits per heavy atom. The second-order valence-electron chi connectivity index (χ2n) is 3.21. The van der Waals surface area contributed by atoms with Gasteiger partial charge in [0.15, 0.2) is 0 Å². The predicted octanol–water partition coefficient (Wildman–Crippen LogP) is 2.89. The first-order valence-electron chi connectivity index (χ1n) is 4.79. The van der Waals surface area contributed by atoms with Crippen molar-refractivity contribution in [2.45, 2.75) is 13.1 Å². The lowest BCUT2D eigenvalue weighted by atomic mass is 10.0. The number of hydrogen-bond acceptors (Lipinski definition) is 3. The molecule has 1 aromatic carbocycles. The second kappa shape index (κ2) is 5.04.